The zero-order valence-corrected chi connectivity index (χ0v) is 14.2. The van der Waals surface area contributed by atoms with E-state index in [4.69, 9.17) is 4.74 Å². The highest BCUT2D eigenvalue weighted by Crippen LogP contribution is 2.20. The van der Waals surface area contributed by atoms with Crippen LogP contribution in [0.4, 0.5) is 4.39 Å². The number of carbonyl (C=O) groups is 1. The second kappa shape index (κ2) is 6.73. The summed E-state index contributed by atoms with van der Waals surface area (Å²) in [6.07, 6.45) is 2.31. The van der Waals surface area contributed by atoms with Gasteiger partial charge in [-0.3, -0.25) is 4.79 Å². The Labute approximate surface area is 141 Å². The lowest BCUT2D eigenvalue weighted by Gasteiger charge is -2.35. The molecule has 5 nitrogen and oxygen atoms in total. The van der Waals surface area contributed by atoms with E-state index in [9.17, 15) is 9.18 Å². The number of ether oxygens (including phenoxy) is 1. The van der Waals surface area contributed by atoms with E-state index in [0.717, 1.165) is 11.4 Å². The van der Waals surface area contributed by atoms with Crippen LogP contribution >= 0.6 is 0 Å². The lowest BCUT2D eigenvalue weighted by Crippen LogP contribution is -2.48. The molecule has 24 heavy (non-hydrogen) atoms. The van der Waals surface area contributed by atoms with Crippen LogP contribution in [-0.4, -0.2) is 45.9 Å². The average Bonchev–Trinajstić information content (AvgIpc) is 2.97. The number of nitrogens with zero attached hydrogens (tertiary/aromatic N) is 3. The summed E-state index contributed by atoms with van der Waals surface area (Å²) in [5.74, 6) is -0.321. The SMILES string of the molecule is CCc1c(C(=O)N2C[C@@H](C)O[C@H](C)C2)cnn1-c1ccc(F)cc1. The molecule has 3 rings (SSSR count). The Hall–Kier alpha value is -2.21. The first kappa shape index (κ1) is 16.6. The number of amides is 1. The number of benzene rings is 1. The summed E-state index contributed by atoms with van der Waals surface area (Å²) in [6.45, 7) is 7.08. The Morgan fingerprint density at radius 1 is 1.25 bits per heavy atom. The zero-order valence-electron chi connectivity index (χ0n) is 14.2. The van der Waals surface area contributed by atoms with Gasteiger partial charge in [0, 0.05) is 13.1 Å². The third kappa shape index (κ3) is 3.19. The van der Waals surface area contributed by atoms with Crippen LogP contribution in [-0.2, 0) is 11.2 Å². The van der Waals surface area contributed by atoms with E-state index in [0.29, 0.717) is 25.1 Å². The van der Waals surface area contributed by atoms with Gasteiger partial charge in [0.1, 0.15) is 5.82 Å². The first-order valence-corrected chi connectivity index (χ1v) is 8.27. The molecule has 1 aliphatic heterocycles. The molecule has 0 N–H and O–H groups in total. The van der Waals surface area contributed by atoms with E-state index in [1.54, 1.807) is 23.0 Å². The Kier molecular flexibility index (Phi) is 4.66. The molecule has 1 saturated heterocycles. The predicted molar refractivity (Wildman–Crippen MR) is 88.8 cm³/mol. The van der Waals surface area contributed by atoms with Crippen LogP contribution < -0.4 is 0 Å². The number of morpholine rings is 1. The number of hydrogen-bond acceptors (Lipinski definition) is 3. The second-order valence-electron chi connectivity index (χ2n) is 6.21. The smallest absolute Gasteiger partial charge is 0.257 e. The molecule has 2 aromatic rings. The highest BCUT2D eigenvalue weighted by Gasteiger charge is 2.29. The number of aromatic nitrogens is 2. The number of carbonyl (C=O) groups excluding carboxylic acids is 1. The summed E-state index contributed by atoms with van der Waals surface area (Å²) < 4.78 is 20.5. The molecule has 0 spiro atoms. The summed E-state index contributed by atoms with van der Waals surface area (Å²) in [5.41, 5.74) is 2.18. The molecule has 0 bridgehead atoms. The van der Waals surface area contributed by atoms with Crippen molar-refractivity contribution in [3.8, 4) is 5.69 Å². The van der Waals surface area contributed by atoms with Crippen LogP contribution in [0.25, 0.3) is 5.69 Å². The lowest BCUT2D eigenvalue weighted by molar-refractivity contribution is -0.0586. The van der Waals surface area contributed by atoms with Gasteiger partial charge < -0.3 is 9.64 Å². The van der Waals surface area contributed by atoms with Gasteiger partial charge in [-0.25, -0.2) is 9.07 Å². The van der Waals surface area contributed by atoms with Gasteiger partial charge in [-0.05, 0) is 44.5 Å². The summed E-state index contributed by atoms with van der Waals surface area (Å²) >= 11 is 0. The van der Waals surface area contributed by atoms with Crippen molar-refractivity contribution in [2.24, 2.45) is 0 Å². The van der Waals surface area contributed by atoms with Crippen molar-refractivity contribution in [2.75, 3.05) is 13.1 Å². The average molecular weight is 331 g/mol. The number of halogens is 1. The fourth-order valence-corrected chi connectivity index (χ4v) is 3.21. The first-order chi connectivity index (χ1) is 11.5. The lowest BCUT2D eigenvalue weighted by atomic mass is 10.1. The van der Waals surface area contributed by atoms with Gasteiger partial charge in [0.2, 0.25) is 0 Å². The van der Waals surface area contributed by atoms with Gasteiger partial charge >= 0.3 is 0 Å². The highest BCUT2D eigenvalue weighted by atomic mass is 19.1. The molecule has 0 unspecified atom stereocenters. The van der Waals surface area contributed by atoms with Gasteiger partial charge in [0.05, 0.1) is 35.3 Å². The highest BCUT2D eigenvalue weighted by molar-refractivity contribution is 5.95. The van der Waals surface area contributed by atoms with E-state index in [-0.39, 0.29) is 23.9 Å². The van der Waals surface area contributed by atoms with Crippen LogP contribution in [0.5, 0.6) is 0 Å². The first-order valence-electron chi connectivity index (χ1n) is 8.27. The van der Waals surface area contributed by atoms with Gasteiger partial charge in [-0.1, -0.05) is 6.92 Å². The molecule has 2 atom stereocenters. The second-order valence-corrected chi connectivity index (χ2v) is 6.21. The molecule has 1 aromatic carbocycles. The van der Waals surface area contributed by atoms with Crippen molar-refractivity contribution in [1.82, 2.24) is 14.7 Å². The topological polar surface area (TPSA) is 47.4 Å². The van der Waals surface area contributed by atoms with Crippen LogP contribution in [0.15, 0.2) is 30.5 Å². The summed E-state index contributed by atoms with van der Waals surface area (Å²) in [5, 5.41) is 4.36. The number of hydrogen-bond donors (Lipinski definition) is 0. The molecule has 1 amide bonds. The van der Waals surface area contributed by atoms with Crippen molar-refractivity contribution in [1.29, 1.82) is 0 Å². The van der Waals surface area contributed by atoms with Crippen LogP contribution in [0, 0.1) is 5.82 Å². The Bertz CT molecular complexity index is 716. The van der Waals surface area contributed by atoms with E-state index >= 15 is 0 Å². The summed E-state index contributed by atoms with van der Waals surface area (Å²) in [6, 6.07) is 6.11. The molecule has 0 saturated carbocycles. The van der Waals surface area contributed by atoms with E-state index in [1.807, 2.05) is 25.7 Å². The number of rotatable bonds is 3. The maximum Gasteiger partial charge on any atom is 0.257 e. The zero-order chi connectivity index (χ0) is 17.3. The molecule has 1 aliphatic rings. The minimum absolute atomic E-state index is 0.0231. The fourth-order valence-electron chi connectivity index (χ4n) is 3.21. The minimum Gasteiger partial charge on any atom is -0.372 e. The standard InChI is InChI=1S/C18H22FN3O2/c1-4-17-16(18(23)21-10-12(2)24-13(3)11-21)9-20-22(17)15-7-5-14(19)6-8-15/h5-9,12-13H,4,10-11H2,1-3H3/t12-,13-/m1/s1. The summed E-state index contributed by atoms with van der Waals surface area (Å²) in [7, 11) is 0. The minimum atomic E-state index is -0.295. The maximum absolute atomic E-state index is 13.1. The third-order valence-corrected chi connectivity index (χ3v) is 4.21. The molecule has 0 aliphatic carbocycles. The van der Waals surface area contributed by atoms with Crippen molar-refractivity contribution in [3.63, 3.8) is 0 Å². The maximum atomic E-state index is 13.1. The van der Waals surface area contributed by atoms with Gasteiger partial charge in [0.25, 0.3) is 5.91 Å². The van der Waals surface area contributed by atoms with E-state index in [1.165, 1.54) is 12.1 Å². The fraction of sp³-hybridized carbons (Fsp3) is 0.444. The van der Waals surface area contributed by atoms with Crippen molar-refractivity contribution in [2.45, 2.75) is 39.4 Å². The van der Waals surface area contributed by atoms with Crippen molar-refractivity contribution < 1.29 is 13.9 Å². The quantitative estimate of drug-likeness (QED) is 0.869. The normalized spacial score (nSPS) is 21.1. The van der Waals surface area contributed by atoms with Crippen LogP contribution in [0.3, 0.4) is 0 Å². The van der Waals surface area contributed by atoms with Gasteiger partial charge in [-0.2, -0.15) is 5.10 Å². The largest absolute Gasteiger partial charge is 0.372 e. The van der Waals surface area contributed by atoms with E-state index in [2.05, 4.69) is 5.10 Å². The third-order valence-electron chi connectivity index (χ3n) is 4.21. The van der Waals surface area contributed by atoms with Crippen molar-refractivity contribution >= 4 is 5.91 Å². The van der Waals surface area contributed by atoms with E-state index < -0.39 is 0 Å². The molecular formula is C18H22FN3O2. The van der Waals surface area contributed by atoms with Crippen molar-refractivity contribution in [3.05, 3.63) is 47.5 Å². The predicted octanol–water partition coefficient (Wildman–Crippen LogP) is 2.82. The van der Waals surface area contributed by atoms with Crippen LogP contribution in [0.2, 0.25) is 0 Å². The monoisotopic (exact) mass is 331 g/mol. The molecule has 0 radical (unpaired) electrons. The molecule has 1 aromatic heterocycles. The molecule has 6 heteroatoms. The van der Waals surface area contributed by atoms with Crippen LogP contribution in [0.1, 0.15) is 36.8 Å². The Morgan fingerprint density at radius 3 is 2.46 bits per heavy atom. The Morgan fingerprint density at radius 2 is 1.88 bits per heavy atom. The van der Waals surface area contributed by atoms with Gasteiger partial charge in [-0.15, -0.1) is 0 Å². The Balaban J connectivity index is 1.91. The molecule has 2 heterocycles. The van der Waals surface area contributed by atoms with Gasteiger partial charge in [0.15, 0.2) is 0 Å². The summed E-state index contributed by atoms with van der Waals surface area (Å²) in [4.78, 5) is 14.7. The molecular weight excluding hydrogens is 309 g/mol. The molecule has 1 fully saturated rings. The molecule has 128 valence electrons.